The molecular formula is C34H46N6O3. The number of likely N-dealkylation sites (N-methyl/N-ethyl adjacent to an activating group) is 1. The van der Waals surface area contributed by atoms with Gasteiger partial charge in [-0.2, -0.15) is 15.2 Å². The Bertz CT molecular complexity index is 1380. The third-order valence-corrected chi connectivity index (χ3v) is 9.92. The largest absolute Gasteiger partial charge is 0.462 e. The first-order valence-corrected chi connectivity index (χ1v) is 16.0. The average Bonchev–Trinajstić information content (AvgIpc) is 3.39. The van der Waals surface area contributed by atoms with Crippen LogP contribution in [-0.2, 0) is 30.4 Å². The van der Waals surface area contributed by atoms with Crippen LogP contribution < -0.4 is 9.64 Å². The number of amides is 1. The number of piperazine rings is 1. The van der Waals surface area contributed by atoms with E-state index in [2.05, 4.69) is 47.2 Å². The average molecular weight is 587 g/mol. The highest BCUT2D eigenvalue weighted by molar-refractivity contribution is 5.69. The molecule has 0 bridgehead atoms. The molecule has 9 nitrogen and oxygen atoms in total. The van der Waals surface area contributed by atoms with Crippen LogP contribution in [0.15, 0.2) is 24.3 Å². The van der Waals surface area contributed by atoms with Crippen molar-refractivity contribution in [2.45, 2.75) is 96.2 Å². The molecule has 2 unspecified atom stereocenters. The molecule has 0 radical (unpaired) electrons. The molecule has 2 aromatic rings. The molecule has 2 aliphatic heterocycles. The Morgan fingerprint density at radius 3 is 2.60 bits per heavy atom. The molecule has 6 rings (SSSR count). The highest BCUT2D eigenvalue weighted by atomic mass is 16.6. The zero-order chi connectivity index (χ0) is 30.2. The molecule has 2 saturated heterocycles. The van der Waals surface area contributed by atoms with Crippen molar-refractivity contribution in [2.75, 3.05) is 44.7 Å². The fourth-order valence-corrected chi connectivity index (χ4v) is 7.54. The number of nitrogens with zero attached hydrogens (tertiary/aromatic N) is 6. The maximum Gasteiger partial charge on any atom is 0.410 e. The van der Waals surface area contributed by atoms with Gasteiger partial charge in [0.1, 0.15) is 18.0 Å². The van der Waals surface area contributed by atoms with E-state index in [4.69, 9.17) is 19.4 Å². The Morgan fingerprint density at radius 1 is 1.07 bits per heavy atom. The first-order valence-electron chi connectivity index (χ1n) is 16.0. The van der Waals surface area contributed by atoms with Gasteiger partial charge in [-0.05, 0) is 102 Å². The number of carbonyl (C=O) groups excluding carboxylic acids is 1. The maximum atomic E-state index is 13.1. The molecule has 2 aliphatic carbocycles. The van der Waals surface area contributed by atoms with E-state index in [0.717, 1.165) is 56.6 Å². The number of anilines is 1. The van der Waals surface area contributed by atoms with Crippen LogP contribution in [0.4, 0.5) is 10.6 Å². The third kappa shape index (κ3) is 6.45. The van der Waals surface area contributed by atoms with Crippen molar-refractivity contribution in [1.29, 1.82) is 5.26 Å². The van der Waals surface area contributed by atoms with Gasteiger partial charge in [0.2, 0.25) is 0 Å². The molecule has 0 saturated carbocycles. The number of ether oxygens (including phenoxy) is 2. The normalized spacial score (nSPS) is 25.7. The number of nitriles is 1. The van der Waals surface area contributed by atoms with Gasteiger partial charge in [0.05, 0.1) is 24.2 Å². The Morgan fingerprint density at radius 2 is 1.86 bits per heavy atom. The molecule has 0 N–H and O–H groups in total. The number of carbonyl (C=O) groups is 1. The summed E-state index contributed by atoms with van der Waals surface area (Å²) >= 11 is 0. The zero-order valence-corrected chi connectivity index (χ0v) is 26.3. The van der Waals surface area contributed by atoms with Crippen LogP contribution >= 0.6 is 0 Å². The van der Waals surface area contributed by atoms with E-state index in [1.807, 2.05) is 20.8 Å². The van der Waals surface area contributed by atoms with E-state index in [1.54, 1.807) is 4.90 Å². The summed E-state index contributed by atoms with van der Waals surface area (Å²) in [6.45, 7) is 8.91. The molecule has 1 aromatic carbocycles. The molecule has 1 spiro atoms. The number of aryl methyl sites for hydroxylation is 1. The second kappa shape index (κ2) is 12.0. The van der Waals surface area contributed by atoms with E-state index in [-0.39, 0.29) is 24.0 Å². The van der Waals surface area contributed by atoms with Crippen LogP contribution in [0, 0.1) is 16.7 Å². The van der Waals surface area contributed by atoms with Crippen molar-refractivity contribution < 1.29 is 14.3 Å². The molecule has 1 aromatic heterocycles. The third-order valence-electron chi connectivity index (χ3n) is 9.92. The molecule has 3 heterocycles. The van der Waals surface area contributed by atoms with Gasteiger partial charge < -0.3 is 24.2 Å². The monoisotopic (exact) mass is 586 g/mol. The Hall–Kier alpha value is -3.38. The quantitative estimate of drug-likeness (QED) is 0.486. The number of hydrogen-bond acceptors (Lipinski definition) is 8. The summed E-state index contributed by atoms with van der Waals surface area (Å²) in [6, 6.07) is 11.7. The van der Waals surface area contributed by atoms with E-state index < -0.39 is 5.60 Å². The number of rotatable bonds is 5. The van der Waals surface area contributed by atoms with E-state index in [9.17, 15) is 10.1 Å². The topological polar surface area (TPSA) is 94.8 Å². The lowest BCUT2D eigenvalue weighted by atomic mass is 9.63. The summed E-state index contributed by atoms with van der Waals surface area (Å²) in [6.07, 6.45) is 8.52. The summed E-state index contributed by atoms with van der Waals surface area (Å²) < 4.78 is 12.0. The van der Waals surface area contributed by atoms with Gasteiger partial charge in [-0.1, -0.05) is 24.3 Å². The Labute approximate surface area is 256 Å². The highest BCUT2D eigenvalue weighted by Crippen LogP contribution is 2.46. The van der Waals surface area contributed by atoms with E-state index in [0.29, 0.717) is 38.3 Å². The van der Waals surface area contributed by atoms with Crippen LogP contribution in [-0.4, -0.2) is 83.4 Å². The van der Waals surface area contributed by atoms with Crippen molar-refractivity contribution in [3.63, 3.8) is 0 Å². The number of fused-ring (bicyclic) bond motifs is 2. The zero-order valence-electron chi connectivity index (χ0n) is 26.3. The van der Waals surface area contributed by atoms with Gasteiger partial charge in [0.25, 0.3) is 0 Å². The minimum atomic E-state index is -0.591. The van der Waals surface area contributed by atoms with Gasteiger partial charge in [0, 0.05) is 31.2 Å². The lowest BCUT2D eigenvalue weighted by Gasteiger charge is -2.44. The van der Waals surface area contributed by atoms with Crippen LogP contribution in [0.1, 0.15) is 75.3 Å². The highest BCUT2D eigenvalue weighted by Gasteiger charge is 2.41. The fourth-order valence-electron chi connectivity index (χ4n) is 7.54. The molecule has 1 amide bonds. The standard InChI is InChI=1S/C34H46N6O3/c1-33(2,3)43-32(41)40-19-18-39(22-26(40)13-16-35)30-28-12-15-34(14-11-24-8-5-6-9-25(24)20-34)21-29(28)36-31(37-30)42-23-27-10-7-17-38(27)4/h5-6,8-9,26-27H,7,10-15,17-23H2,1-4H3/t26-,27?,34?/m0/s1. The predicted octanol–water partition coefficient (Wildman–Crippen LogP) is 4.95. The minimum absolute atomic E-state index is 0.203. The molecule has 2 fully saturated rings. The first-order chi connectivity index (χ1) is 20.6. The predicted molar refractivity (Wildman–Crippen MR) is 165 cm³/mol. The smallest absolute Gasteiger partial charge is 0.410 e. The molecule has 9 heteroatoms. The van der Waals surface area contributed by atoms with Crippen LogP contribution in [0.5, 0.6) is 6.01 Å². The summed E-state index contributed by atoms with van der Waals surface area (Å²) in [7, 11) is 2.16. The van der Waals surface area contributed by atoms with Crippen molar-refractivity contribution in [1.82, 2.24) is 19.8 Å². The van der Waals surface area contributed by atoms with E-state index in [1.165, 1.54) is 29.5 Å². The SMILES string of the molecule is CN1CCCC1COc1nc2c(c(N3CCN(C(=O)OC(C)(C)C)[C@@H](CC#N)C3)n1)CCC1(CCc3ccccc3C1)C2. The van der Waals surface area contributed by atoms with Crippen molar-refractivity contribution >= 4 is 11.9 Å². The lowest BCUT2D eigenvalue weighted by molar-refractivity contribution is 0.0144. The molecule has 230 valence electrons. The fraction of sp³-hybridized carbons (Fsp3) is 0.647. The summed E-state index contributed by atoms with van der Waals surface area (Å²) in [4.78, 5) is 29.5. The van der Waals surface area contributed by atoms with Crippen LogP contribution in [0.25, 0.3) is 0 Å². The van der Waals surface area contributed by atoms with Crippen LogP contribution in [0.3, 0.4) is 0 Å². The van der Waals surface area contributed by atoms with Gasteiger partial charge in [0.15, 0.2) is 0 Å². The van der Waals surface area contributed by atoms with Crippen molar-refractivity contribution in [3.05, 3.63) is 46.6 Å². The van der Waals surface area contributed by atoms with Gasteiger partial charge in [-0.25, -0.2) is 4.79 Å². The Balaban J connectivity index is 1.28. The second-order valence-electron chi connectivity index (χ2n) is 14.1. The summed E-state index contributed by atoms with van der Waals surface area (Å²) in [5.74, 6) is 0.914. The maximum absolute atomic E-state index is 13.1. The lowest BCUT2D eigenvalue weighted by Crippen LogP contribution is -2.56. The summed E-state index contributed by atoms with van der Waals surface area (Å²) in [5.41, 5.74) is 4.89. The minimum Gasteiger partial charge on any atom is -0.462 e. The van der Waals surface area contributed by atoms with E-state index >= 15 is 0 Å². The molecule has 3 atom stereocenters. The van der Waals surface area contributed by atoms with Gasteiger partial charge in [-0.3, -0.25) is 0 Å². The molecular weight excluding hydrogens is 540 g/mol. The van der Waals surface area contributed by atoms with Gasteiger partial charge >= 0.3 is 12.1 Å². The molecule has 43 heavy (non-hydrogen) atoms. The number of hydrogen-bond donors (Lipinski definition) is 0. The number of aromatic nitrogens is 2. The Kier molecular flexibility index (Phi) is 8.25. The van der Waals surface area contributed by atoms with Crippen molar-refractivity contribution in [2.24, 2.45) is 5.41 Å². The number of likely N-dealkylation sites (tertiary alicyclic amines) is 1. The van der Waals surface area contributed by atoms with Crippen LogP contribution in [0.2, 0.25) is 0 Å². The number of benzene rings is 1. The first kappa shape index (κ1) is 29.7. The van der Waals surface area contributed by atoms with Crippen molar-refractivity contribution in [3.8, 4) is 12.1 Å². The molecule has 4 aliphatic rings. The summed E-state index contributed by atoms with van der Waals surface area (Å²) in [5, 5.41) is 9.65. The second-order valence-corrected chi connectivity index (χ2v) is 14.1. The van der Waals surface area contributed by atoms with Gasteiger partial charge in [-0.15, -0.1) is 0 Å².